The highest BCUT2D eigenvalue weighted by Gasteiger charge is 2.24. The van der Waals surface area contributed by atoms with Crippen molar-refractivity contribution >= 4 is 17.3 Å². The van der Waals surface area contributed by atoms with Gasteiger partial charge in [0.1, 0.15) is 0 Å². The summed E-state index contributed by atoms with van der Waals surface area (Å²) in [6, 6.07) is 8.23. The Morgan fingerprint density at radius 1 is 1.22 bits per heavy atom. The van der Waals surface area contributed by atoms with Crippen molar-refractivity contribution in [3.8, 4) is 11.1 Å². The Kier molecular flexibility index (Phi) is 2.75. The van der Waals surface area contributed by atoms with Crippen LogP contribution in [0.2, 0.25) is 5.02 Å². The molecule has 0 spiro atoms. The van der Waals surface area contributed by atoms with E-state index >= 15 is 0 Å². The molecule has 1 heterocycles. The number of halogens is 1. The first-order valence-electron chi connectivity index (χ1n) is 6.16. The summed E-state index contributed by atoms with van der Waals surface area (Å²) in [5, 5.41) is 0.788. The Morgan fingerprint density at radius 2 is 2.00 bits per heavy atom. The van der Waals surface area contributed by atoms with E-state index < -0.39 is 0 Å². The van der Waals surface area contributed by atoms with E-state index in [2.05, 4.69) is 17.1 Å². The van der Waals surface area contributed by atoms with Gasteiger partial charge in [0.15, 0.2) is 0 Å². The number of hydrogen-bond acceptors (Lipinski definition) is 2. The summed E-state index contributed by atoms with van der Waals surface area (Å²) < 4.78 is 0. The van der Waals surface area contributed by atoms with Gasteiger partial charge in [-0.05, 0) is 55.0 Å². The van der Waals surface area contributed by atoms with Gasteiger partial charge in [-0.1, -0.05) is 17.7 Å². The van der Waals surface area contributed by atoms with E-state index in [0.29, 0.717) is 11.6 Å². The fourth-order valence-electron chi connectivity index (χ4n) is 2.26. The van der Waals surface area contributed by atoms with Gasteiger partial charge < -0.3 is 5.73 Å². The average molecular weight is 259 g/mol. The molecule has 0 atom stereocenters. The molecule has 0 unspecified atom stereocenters. The molecular weight excluding hydrogens is 244 g/mol. The maximum Gasteiger partial charge on any atom is 0.0507 e. The monoisotopic (exact) mass is 258 g/mol. The fraction of sp³-hybridized carbons (Fsp3) is 0.267. The molecule has 1 aliphatic carbocycles. The maximum atomic E-state index is 6.21. The molecule has 0 saturated heterocycles. The summed E-state index contributed by atoms with van der Waals surface area (Å²) in [5.74, 6) is 0.691. The summed E-state index contributed by atoms with van der Waals surface area (Å²) in [6.45, 7) is 1.99. The zero-order valence-corrected chi connectivity index (χ0v) is 11.0. The number of nitrogen functional groups attached to an aromatic ring is 1. The van der Waals surface area contributed by atoms with E-state index in [1.54, 1.807) is 6.20 Å². The van der Waals surface area contributed by atoms with Crippen LogP contribution in [0.5, 0.6) is 0 Å². The van der Waals surface area contributed by atoms with Crippen LogP contribution in [0.25, 0.3) is 11.1 Å². The standard InChI is InChI=1S/C15H15ClN2/c1-9-15(7-14(17)8-18-9)12-4-11(10-2-3-10)5-13(16)6-12/h4-8,10H,2-3,17H2,1H3. The number of hydrogen-bond donors (Lipinski definition) is 1. The first kappa shape index (κ1) is 11.5. The lowest BCUT2D eigenvalue weighted by Gasteiger charge is -2.09. The van der Waals surface area contributed by atoms with Gasteiger partial charge in [-0.25, -0.2) is 0 Å². The van der Waals surface area contributed by atoms with Gasteiger partial charge >= 0.3 is 0 Å². The van der Waals surface area contributed by atoms with Gasteiger partial charge in [-0.15, -0.1) is 0 Å². The van der Waals surface area contributed by atoms with Gasteiger partial charge in [0, 0.05) is 16.3 Å². The van der Waals surface area contributed by atoms with Crippen molar-refractivity contribution in [2.75, 3.05) is 5.73 Å². The molecule has 0 radical (unpaired) electrons. The number of nitrogens with two attached hydrogens (primary N) is 1. The van der Waals surface area contributed by atoms with Gasteiger partial charge in [-0.2, -0.15) is 0 Å². The van der Waals surface area contributed by atoms with E-state index in [1.165, 1.54) is 18.4 Å². The number of pyridine rings is 1. The van der Waals surface area contributed by atoms with Crippen LogP contribution in [-0.2, 0) is 0 Å². The molecule has 2 N–H and O–H groups in total. The zero-order chi connectivity index (χ0) is 12.7. The van der Waals surface area contributed by atoms with Crippen molar-refractivity contribution in [3.05, 3.63) is 46.7 Å². The van der Waals surface area contributed by atoms with Gasteiger partial charge in [0.05, 0.1) is 11.9 Å². The summed E-state index contributed by atoms with van der Waals surface area (Å²) in [5.41, 5.74) is 11.0. The van der Waals surface area contributed by atoms with Gasteiger partial charge in [0.25, 0.3) is 0 Å². The molecule has 18 heavy (non-hydrogen) atoms. The molecule has 1 saturated carbocycles. The molecule has 0 amide bonds. The van der Waals surface area contributed by atoms with Crippen LogP contribution in [0.3, 0.4) is 0 Å². The third-order valence-electron chi connectivity index (χ3n) is 3.39. The largest absolute Gasteiger partial charge is 0.397 e. The van der Waals surface area contributed by atoms with Crippen LogP contribution in [0, 0.1) is 6.92 Å². The predicted molar refractivity (Wildman–Crippen MR) is 75.8 cm³/mol. The molecule has 3 heteroatoms. The van der Waals surface area contributed by atoms with Crippen molar-refractivity contribution in [1.82, 2.24) is 4.98 Å². The number of aromatic nitrogens is 1. The van der Waals surface area contributed by atoms with Gasteiger partial charge in [0.2, 0.25) is 0 Å². The zero-order valence-electron chi connectivity index (χ0n) is 10.3. The third-order valence-corrected chi connectivity index (χ3v) is 3.61. The predicted octanol–water partition coefficient (Wildman–Crippen LogP) is 4.17. The first-order chi connectivity index (χ1) is 8.63. The highest BCUT2D eigenvalue weighted by Crippen LogP contribution is 2.42. The summed E-state index contributed by atoms with van der Waals surface area (Å²) in [4.78, 5) is 4.31. The molecule has 92 valence electrons. The van der Waals surface area contributed by atoms with Crippen LogP contribution in [0.4, 0.5) is 5.69 Å². The number of anilines is 1. The number of aryl methyl sites for hydroxylation is 1. The second kappa shape index (κ2) is 4.29. The Morgan fingerprint density at radius 3 is 2.72 bits per heavy atom. The molecule has 0 bridgehead atoms. The lowest BCUT2D eigenvalue weighted by Crippen LogP contribution is -1.93. The average Bonchev–Trinajstić information content (AvgIpc) is 3.15. The minimum absolute atomic E-state index is 0.684. The van der Waals surface area contributed by atoms with Crippen LogP contribution in [0.1, 0.15) is 30.0 Å². The molecular formula is C15H15ClN2. The molecule has 1 aromatic heterocycles. The smallest absolute Gasteiger partial charge is 0.0507 e. The van der Waals surface area contributed by atoms with E-state index in [4.69, 9.17) is 17.3 Å². The van der Waals surface area contributed by atoms with E-state index in [1.807, 2.05) is 19.1 Å². The topological polar surface area (TPSA) is 38.9 Å². The lowest BCUT2D eigenvalue weighted by molar-refractivity contribution is 1.13. The summed E-state index contributed by atoms with van der Waals surface area (Å²) in [7, 11) is 0. The highest BCUT2D eigenvalue weighted by molar-refractivity contribution is 6.31. The Hall–Kier alpha value is -1.54. The summed E-state index contributed by atoms with van der Waals surface area (Å²) >= 11 is 6.21. The number of rotatable bonds is 2. The maximum absolute atomic E-state index is 6.21. The van der Waals surface area contributed by atoms with Crippen molar-refractivity contribution in [2.45, 2.75) is 25.7 Å². The molecule has 3 rings (SSSR count). The van der Waals surface area contributed by atoms with Gasteiger partial charge in [-0.3, -0.25) is 4.98 Å². The highest BCUT2D eigenvalue weighted by atomic mass is 35.5. The first-order valence-corrected chi connectivity index (χ1v) is 6.54. The molecule has 2 nitrogen and oxygen atoms in total. The molecule has 2 aromatic rings. The molecule has 0 aliphatic heterocycles. The fourth-order valence-corrected chi connectivity index (χ4v) is 2.51. The van der Waals surface area contributed by atoms with Crippen molar-refractivity contribution < 1.29 is 0 Å². The van der Waals surface area contributed by atoms with Crippen molar-refractivity contribution in [1.29, 1.82) is 0 Å². The Labute approximate surface area is 112 Å². The molecule has 1 aliphatic rings. The normalized spacial score (nSPS) is 14.8. The number of benzene rings is 1. The Balaban J connectivity index is 2.12. The quantitative estimate of drug-likeness (QED) is 0.878. The number of nitrogens with zero attached hydrogens (tertiary/aromatic N) is 1. The lowest BCUT2D eigenvalue weighted by atomic mass is 10.00. The van der Waals surface area contributed by atoms with Crippen LogP contribution in [-0.4, -0.2) is 4.98 Å². The van der Waals surface area contributed by atoms with Crippen LogP contribution < -0.4 is 5.73 Å². The van der Waals surface area contributed by atoms with Crippen molar-refractivity contribution in [3.63, 3.8) is 0 Å². The molecule has 1 aromatic carbocycles. The van der Waals surface area contributed by atoms with Crippen LogP contribution >= 0.6 is 11.6 Å². The minimum atomic E-state index is 0.684. The van der Waals surface area contributed by atoms with E-state index in [-0.39, 0.29) is 0 Å². The third kappa shape index (κ3) is 2.21. The Bertz CT molecular complexity index is 603. The molecule has 1 fully saturated rings. The van der Waals surface area contributed by atoms with E-state index in [9.17, 15) is 0 Å². The second-order valence-electron chi connectivity index (χ2n) is 4.95. The SMILES string of the molecule is Cc1ncc(N)cc1-c1cc(Cl)cc(C2CC2)c1. The van der Waals surface area contributed by atoms with E-state index in [0.717, 1.165) is 21.8 Å². The van der Waals surface area contributed by atoms with Crippen molar-refractivity contribution in [2.24, 2.45) is 0 Å². The second-order valence-corrected chi connectivity index (χ2v) is 5.39. The minimum Gasteiger partial charge on any atom is -0.397 e. The summed E-state index contributed by atoms with van der Waals surface area (Å²) in [6.07, 6.45) is 4.23. The van der Waals surface area contributed by atoms with Crippen LogP contribution in [0.15, 0.2) is 30.5 Å².